The summed E-state index contributed by atoms with van der Waals surface area (Å²) in [4.78, 5) is 10.1. The molecule has 0 atom stereocenters. The van der Waals surface area contributed by atoms with Crippen LogP contribution in [0.1, 0.15) is 12.0 Å². The molecule has 0 saturated heterocycles. The van der Waals surface area contributed by atoms with Crippen LogP contribution in [-0.4, -0.2) is 16.5 Å². The second-order valence-electron chi connectivity index (χ2n) is 2.72. The van der Waals surface area contributed by atoms with E-state index in [1.807, 2.05) is 0 Å². The first-order valence-corrected chi connectivity index (χ1v) is 4.69. The summed E-state index contributed by atoms with van der Waals surface area (Å²) in [6.07, 6.45) is 1.01. The molecule has 1 aromatic rings. The van der Waals surface area contributed by atoms with Crippen molar-refractivity contribution in [3.63, 3.8) is 0 Å². The molecule has 0 aliphatic carbocycles. The highest BCUT2D eigenvalue weighted by molar-refractivity contribution is 9.10. The van der Waals surface area contributed by atoms with Crippen LogP contribution < -0.4 is 0 Å². The Morgan fingerprint density at radius 1 is 1.50 bits per heavy atom. The number of halogens is 2. The number of hydrogen-bond donors (Lipinski definition) is 2. The van der Waals surface area contributed by atoms with Crippen molar-refractivity contribution in [1.82, 2.24) is 0 Å². The maximum Gasteiger partial charge on any atom is 0.172 e. The van der Waals surface area contributed by atoms with E-state index < -0.39 is 17.3 Å². The topological polar surface area (TPSA) is 57.5 Å². The van der Waals surface area contributed by atoms with Crippen LogP contribution >= 0.6 is 15.9 Å². The number of carbonyl (C=O) groups excluding carboxylic acids is 1. The van der Waals surface area contributed by atoms with Crippen LogP contribution in [0.15, 0.2) is 10.5 Å². The monoisotopic (exact) mass is 262 g/mol. The maximum absolute atomic E-state index is 13.2. The zero-order chi connectivity index (χ0) is 10.7. The van der Waals surface area contributed by atoms with Gasteiger partial charge >= 0.3 is 0 Å². The van der Waals surface area contributed by atoms with Gasteiger partial charge in [0, 0.05) is 18.1 Å². The molecule has 14 heavy (non-hydrogen) atoms. The summed E-state index contributed by atoms with van der Waals surface area (Å²) < 4.78 is 13.3. The van der Waals surface area contributed by atoms with Crippen molar-refractivity contribution in [2.45, 2.75) is 12.8 Å². The van der Waals surface area contributed by atoms with Gasteiger partial charge in [-0.15, -0.1) is 0 Å². The lowest BCUT2D eigenvalue weighted by Crippen LogP contribution is -1.94. The van der Waals surface area contributed by atoms with Crippen LogP contribution in [-0.2, 0) is 11.2 Å². The standard InChI is InChI=1S/C9H8BrFO3/c10-8-5(2-1-3-12)6(11)4-7(13)9(8)14/h3-4,13-14H,1-2H2. The Labute approximate surface area is 88.3 Å². The average molecular weight is 263 g/mol. The molecule has 0 aliphatic heterocycles. The highest BCUT2D eigenvalue weighted by Gasteiger charge is 2.14. The Bertz CT molecular complexity index is 366. The van der Waals surface area contributed by atoms with Crippen molar-refractivity contribution in [2.75, 3.05) is 0 Å². The Morgan fingerprint density at radius 3 is 2.71 bits per heavy atom. The minimum Gasteiger partial charge on any atom is -0.504 e. The normalized spacial score (nSPS) is 10.1. The van der Waals surface area contributed by atoms with Crippen molar-refractivity contribution >= 4 is 22.2 Å². The van der Waals surface area contributed by atoms with Gasteiger partial charge in [-0.05, 0) is 22.4 Å². The van der Waals surface area contributed by atoms with Gasteiger partial charge in [0.05, 0.1) is 4.47 Å². The average Bonchev–Trinajstić information content (AvgIpc) is 2.14. The highest BCUT2D eigenvalue weighted by Crippen LogP contribution is 2.37. The minimum absolute atomic E-state index is 0.0943. The number of carbonyl (C=O) groups is 1. The van der Waals surface area contributed by atoms with Gasteiger partial charge in [0.2, 0.25) is 0 Å². The fourth-order valence-electron chi connectivity index (χ4n) is 1.07. The smallest absolute Gasteiger partial charge is 0.172 e. The molecule has 5 heteroatoms. The van der Waals surface area contributed by atoms with Crippen molar-refractivity contribution in [3.05, 3.63) is 21.9 Å². The Hall–Kier alpha value is -1.10. The summed E-state index contributed by atoms with van der Waals surface area (Å²) in [5, 5.41) is 18.3. The van der Waals surface area contributed by atoms with Crippen molar-refractivity contribution in [1.29, 1.82) is 0 Å². The molecule has 0 bridgehead atoms. The van der Waals surface area contributed by atoms with Gasteiger partial charge in [-0.3, -0.25) is 0 Å². The van der Waals surface area contributed by atoms with Gasteiger partial charge in [0.25, 0.3) is 0 Å². The first kappa shape index (κ1) is 11.0. The van der Waals surface area contributed by atoms with E-state index in [2.05, 4.69) is 15.9 Å². The Balaban J connectivity index is 3.15. The first-order valence-electron chi connectivity index (χ1n) is 3.90. The summed E-state index contributed by atoms with van der Waals surface area (Å²) in [6, 6.07) is 0.820. The SMILES string of the molecule is O=CCCc1c(F)cc(O)c(O)c1Br. The van der Waals surface area contributed by atoms with E-state index in [0.29, 0.717) is 6.29 Å². The second kappa shape index (κ2) is 4.41. The molecule has 0 fully saturated rings. The zero-order valence-electron chi connectivity index (χ0n) is 7.13. The largest absolute Gasteiger partial charge is 0.504 e. The molecule has 0 aromatic heterocycles. The molecule has 0 aliphatic rings. The number of benzene rings is 1. The number of phenolic OH excluding ortho intramolecular Hbond substituents is 2. The van der Waals surface area contributed by atoms with Crippen molar-refractivity contribution in [3.8, 4) is 11.5 Å². The predicted molar refractivity (Wildman–Crippen MR) is 51.8 cm³/mol. The molecule has 0 amide bonds. The predicted octanol–water partition coefficient (Wildman–Crippen LogP) is 2.13. The van der Waals surface area contributed by atoms with Crippen LogP contribution in [0.5, 0.6) is 11.5 Å². The molecule has 0 heterocycles. The number of aldehydes is 1. The molecular formula is C9H8BrFO3. The summed E-state index contributed by atoms with van der Waals surface area (Å²) in [6.45, 7) is 0. The Morgan fingerprint density at radius 2 is 2.14 bits per heavy atom. The van der Waals surface area contributed by atoms with E-state index in [-0.39, 0.29) is 22.9 Å². The van der Waals surface area contributed by atoms with E-state index in [1.165, 1.54) is 0 Å². The van der Waals surface area contributed by atoms with Gasteiger partial charge in [-0.2, -0.15) is 0 Å². The van der Waals surface area contributed by atoms with E-state index >= 15 is 0 Å². The van der Waals surface area contributed by atoms with Crippen molar-refractivity contribution < 1.29 is 19.4 Å². The lowest BCUT2D eigenvalue weighted by atomic mass is 10.1. The summed E-state index contributed by atoms with van der Waals surface area (Å²) in [5.74, 6) is -1.58. The van der Waals surface area contributed by atoms with Crippen LogP contribution in [0.4, 0.5) is 4.39 Å². The molecule has 0 spiro atoms. The fraction of sp³-hybridized carbons (Fsp3) is 0.222. The number of hydrogen-bond acceptors (Lipinski definition) is 3. The lowest BCUT2D eigenvalue weighted by molar-refractivity contribution is -0.107. The minimum atomic E-state index is -0.644. The van der Waals surface area contributed by atoms with E-state index in [1.54, 1.807) is 0 Å². The highest BCUT2D eigenvalue weighted by atomic mass is 79.9. The Kier molecular flexibility index (Phi) is 3.46. The van der Waals surface area contributed by atoms with E-state index in [0.717, 1.165) is 6.07 Å². The van der Waals surface area contributed by atoms with Gasteiger partial charge in [-0.25, -0.2) is 4.39 Å². The van der Waals surface area contributed by atoms with Gasteiger partial charge in [0.1, 0.15) is 12.1 Å². The van der Waals surface area contributed by atoms with Gasteiger partial charge in [0.15, 0.2) is 11.5 Å². The number of rotatable bonds is 3. The molecule has 0 saturated carbocycles. The quantitative estimate of drug-likeness (QED) is 0.648. The number of phenols is 2. The van der Waals surface area contributed by atoms with E-state index in [9.17, 15) is 14.3 Å². The van der Waals surface area contributed by atoms with Crippen LogP contribution in [0, 0.1) is 5.82 Å². The van der Waals surface area contributed by atoms with Gasteiger partial charge < -0.3 is 15.0 Å². The maximum atomic E-state index is 13.2. The molecule has 2 N–H and O–H groups in total. The van der Waals surface area contributed by atoms with Crippen LogP contribution in [0.2, 0.25) is 0 Å². The van der Waals surface area contributed by atoms with Crippen molar-refractivity contribution in [2.24, 2.45) is 0 Å². The van der Waals surface area contributed by atoms with E-state index in [4.69, 9.17) is 5.11 Å². The molecule has 1 aromatic carbocycles. The molecular weight excluding hydrogens is 255 g/mol. The number of aromatic hydroxyl groups is 2. The third kappa shape index (κ3) is 2.04. The van der Waals surface area contributed by atoms with Crippen LogP contribution in [0.3, 0.4) is 0 Å². The summed E-state index contributed by atoms with van der Waals surface area (Å²) in [5.41, 5.74) is 0.187. The molecule has 0 unspecified atom stereocenters. The lowest BCUT2D eigenvalue weighted by Gasteiger charge is -2.07. The second-order valence-corrected chi connectivity index (χ2v) is 3.52. The fourth-order valence-corrected chi connectivity index (χ4v) is 1.66. The molecule has 3 nitrogen and oxygen atoms in total. The van der Waals surface area contributed by atoms with Crippen LogP contribution in [0.25, 0.3) is 0 Å². The molecule has 76 valence electrons. The first-order chi connectivity index (χ1) is 6.57. The molecule has 1 rings (SSSR count). The molecule has 0 radical (unpaired) electrons. The zero-order valence-corrected chi connectivity index (χ0v) is 8.71. The summed E-state index contributed by atoms with van der Waals surface area (Å²) >= 11 is 2.95. The third-order valence-corrected chi connectivity index (χ3v) is 2.63. The third-order valence-electron chi connectivity index (χ3n) is 1.78. The van der Waals surface area contributed by atoms with Gasteiger partial charge in [-0.1, -0.05) is 0 Å². The summed E-state index contributed by atoms with van der Waals surface area (Å²) in [7, 11) is 0.